The number of piperazine rings is 1. The summed E-state index contributed by atoms with van der Waals surface area (Å²) in [6.07, 6.45) is 5.54. The summed E-state index contributed by atoms with van der Waals surface area (Å²) < 4.78 is 0. The molecule has 3 nitrogen and oxygen atoms in total. The van der Waals surface area contributed by atoms with Gasteiger partial charge in [-0.25, -0.2) is 0 Å². The molecule has 0 spiro atoms. The zero-order valence-corrected chi connectivity index (χ0v) is 12.3. The van der Waals surface area contributed by atoms with E-state index < -0.39 is 0 Å². The minimum atomic E-state index is 0.784. The highest BCUT2D eigenvalue weighted by molar-refractivity contribution is 4.85. The second-order valence-corrected chi connectivity index (χ2v) is 6.25. The Morgan fingerprint density at radius 3 is 2.94 bits per heavy atom. The van der Waals surface area contributed by atoms with Crippen LogP contribution < -0.4 is 5.32 Å². The lowest BCUT2D eigenvalue weighted by molar-refractivity contribution is 0.0430. The monoisotopic (exact) mass is 253 g/mol. The molecule has 2 fully saturated rings. The van der Waals surface area contributed by atoms with Gasteiger partial charge in [0.2, 0.25) is 0 Å². The van der Waals surface area contributed by atoms with Gasteiger partial charge in [0.05, 0.1) is 0 Å². The maximum atomic E-state index is 3.54. The van der Waals surface area contributed by atoms with Crippen LogP contribution in [0.15, 0.2) is 0 Å². The molecule has 2 aliphatic heterocycles. The zero-order chi connectivity index (χ0) is 12.8. The first-order chi connectivity index (χ1) is 8.79. The summed E-state index contributed by atoms with van der Waals surface area (Å²) >= 11 is 0. The molecular weight excluding hydrogens is 222 g/mol. The van der Waals surface area contributed by atoms with E-state index >= 15 is 0 Å². The van der Waals surface area contributed by atoms with Gasteiger partial charge in [-0.1, -0.05) is 20.3 Å². The normalized spacial score (nSPS) is 28.0. The molecule has 2 aliphatic rings. The van der Waals surface area contributed by atoms with Crippen LogP contribution in [0.3, 0.4) is 0 Å². The molecule has 0 aliphatic carbocycles. The fourth-order valence-electron chi connectivity index (χ4n) is 3.42. The van der Waals surface area contributed by atoms with Crippen molar-refractivity contribution in [3.63, 3.8) is 0 Å². The number of nitrogens with zero attached hydrogens (tertiary/aromatic N) is 2. The van der Waals surface area contributed by atoms with Gasteiger partial charge >= 0.3 is 0 Å². The zero-order valence-electron chi connectivity index (χ0n) is 12.3. The Hall–Kier alpha value is -0.120. The van der Waals surface area contributed by atoms with Gasteiger partial charge in [0, 0.05) is 32.2 Å². The van der Waals surface area contributed by atoms with Crippen LogP contribution in [0.4, 0.5) is 0 Å². The molecule has 0 aromatic rings. The van der Waals surface area contributed by atoms with Gasteiger partial charge in [-0.3, -0.25) is 4.90 Å². The molecule has 18 heavy (non-hydrogen) atoms. The maximum Gasteiger partial charge on any atom is 0.0223 e. The van der Waals surface area contributed by atoms with Crippen molar-refractivity contribution in [2.75, 3.05) is 45.8 Å². The lowest BCUT2D eigenvalue weighted by atomic mass is 9.99. The van der Waals surface area contributed by atoms with Gasteiger partial charge in [0.1, 0.15) is 0 Å². The third kappa shape index (κ3) is 4.22. The SMILES string of the molecule is CCCNCC(C)CN1CCN2CCCCC2C1. The summed E-state index contributed by atoms with van der Waals surface area (Å²) in [5.74, 6) is 0.784. The third-order valence-corrected chi connectivity index (χ3v) is 4.41. The third-order valence-electron chi connectivity index (χ3n) is 4.41. The Morgan fingerprint density at radius 2 is 2.11 bits per heavy atom. The summed E-state index contributed by atoms with van der Waals surface area (Å²) in [5.41, 5.74) is 0. The Morgan fingerprint density at radius 1 is 1.22 bits per heavy atom. The van der Waals surface area contributed by atoms with Crippen molar-refractivity contribution < 1.29 is 0 Å². The van der Waals surface area contributed by atoms with Gasteiger partial charge in [0.15, 0.2) is 0 Å². The van der Waals surface area contributed by atoms with Crippen molar-refractivity contribution in [2.45, 2.75) is 45.6 Å². The quantitative estimate of drug-likeness (QED) is 0.728. The van der Waals surface area contributed by atoms with E-state index in [-0.39, 0.29) is 0 Å². The molecule has 2 rings (SSSR count). The van der Waals surface area contributed by atoms with E-state index in [1.807, 2.05) is 0 Å². The van der Waals surface area contributed by atoms with Gasteiger partial charge < -0.3 is 10.2 Å². The molecule has 0 saturated carbocycles. The topological polar surface area (TPSA) is 18.5 Å². The minimum absolute atomic E-state index is 0.784. The predicted molar refractivity (Wildman–Crippen MR) is 78.0 cm³/mol. The van der Waals surface area contributed by atoms with E-state index in [0.29, 0.717) is 0 Å². The number of rotatable bonds is 6. The second-order valence-electron chi connectivity index (χ2n) is 6.25. The lowest BCUT2D eigenvalue weighted by Gasteiger charge is -2.44. The molecule has 0 radical (unpaired) electrons. The molecule has 106 valence electrons. The highest BCUT2D eigenvalue weighted by Crippen LogP contribution is 2.21. The average Bonchev–Trinajstić information content (AvgIpc) is 2.39. The van der Waals surface area contributed by atoms with E-state index in [2.05, 4.69) is 29.0 Å². The van der Waals surface area contributed by atoms with E-state index in [1.54, 1.807) is 0 Å². The van der Waals surface area contributed by atoms with Gasteiger partial charge in [-0.15, -0.1) is 0 Å². The van der Waals surface area contributed by atoms with Crippen LogP contribution in [0.5, 0.6) is 0 Å². The first-order valence-corrected chi connectivity index (χ1v) is 7.96. The first-order valence-electron chi connectivity index (χ1n) is 7.96. The first kappa shape index (κ1) is 14.3. The van der Waals surface area contributed by atoms with E-state index in [9.17, 15) is 0 Å². The number of hydrogen-bond acceptors (Lipinski definition) is 3. The highest BCUT2D eigenvalue weighted by Gasteiger charge is 2.28. The van der Waals surface area contributed by atoms with Crippen molar-refractivity contribution in [1.82, 2.24) is 15.1 Å². The molecule has 0 bridgehead atoms. The fraction of sp³-hybridized carbons (Fsp3) is 1.00. The van der Waals surface area contributed by atoms with Crippen LogP contribution in [0.25, 0.3) is 0 Å². The summed E-state index contributed by atoms with van der Waals surface area (Å²) in [5, 5.41) is 3.54. The number of nitrogens with one attached hydrogen (secondary N) is 1. The van der Waals surface area contributed by atoms with Crippen molar-refractivity contribution in [2.24, 2.45) is 5.92 Å². The summed E-state index contributed by atoms with van der Waals surface area (Å²) in [6, 6.07) is 0.864. The minimum Gasteiger partial charge on any atom is -0.316 e. The summed E-state index contributed by atoms with van der Waals surface area (Å²) in [4.78, 5) is 5.42. The molecular formula is C15H31N3. The van der Waals surface area contributed by atoms with Crippen LogP contribution in [0, 0.1) is 5.92 Å². The standard InChI is InChI=1S/C15H31N3/c1-3-7-16-11-14(2)12-17-9-10-18-8-5-4-6-15(18)13-17/h14-16H,3-13H2,1-2H3. The smallest absolute Gasteiger partial charge is 0.0223 e. The van der Waals surface area contributed by atoms with Crippen LogP contribution in [0.1, 0.15) is 39.5 Å². The molecule has 0 aromatic carbocycles. The number of hydrogen-bond donors (Lipinski definition) is 1. The Kier molecular flexibility index (Phi) is 5.93. The molecule has 2 saturated heterocycles. The average molecular weight is 253 g/mol. The van der Waals surface area contributed by atoms with Crippen molar-refractivity contribution >= 4 is 0 Å². The summed E-state index contributed by atoms with van der Waals surface area (Å²) in [7, 11) is 0. The lowest BCUT2D eigenvalue weighted by Crippen LogP contribution is -2.55. The van der Waals surface area contributed by atoms with Gasteiger partial charge in [-0.2, -0.15) is 0 Å². The highest BCUT2D eigenvalue weighted by atomic mass is 15.3. The van der Waals surface area contributed by atoms with Crippen LogP contribution in [-0.2, 0) is 0 Å². The van der Waals surface area contributed by atoms with Crippen LogP contribution >= 0.6 is 0 Å². The Bertz CT molecular complexity index is 232. The fourth-order valence-corrected chi connectivity index (χ4v) is 3.42. The molecule has 1 N–H and O–H groups in total. The Labute approximate surface area is 113 Å². The van der Waals surface area contributed by atoms with Crippen molar-refractivity contribution in [3.05, 3.63) is 0 Å². The second kappa shape index (κ2) is 7.46. The van der Waals surface area contributed by atoms with E-state index in [0.717, 1.165) is 12.0 Å². The number of fused-ring (bicyclic) bond motifs is 1. The largest absolute Gasteiger partial charge is 0.316 e. The predicted octanol–water partition coefficient (Wildman–Crippen LogP) is 1.79. The van der Waals surface area contributed by atoms with Gasteiger partial charge in [-0.05, 0) is 44.8 Å². The molecule has 2 heterocycles. The van der Waals surface area contributed by atoms with E-state index in [1.165, 1.54) is 71.5 Å². The Balaban J connectivity index is 1.67. The molecule has 3 heteroatoms. The number of piperidine rings is 1. The van der Waals surface area contributed by atoms with Gasteiger partial charge in [0.25, 0.3) is 0 Å². The van der Waals surface area contributed by atoms with Crippen molar-refractivity contribution in [3.8, 4) is 0 Å². The molecule has 0 amide bonds. The van der Waals surface area contributed by atoms with Crippen LogP contribution in [0.2, 0.25) is 0 Å². The maximum absolute atomic E-state index is 3.54. The van der Waals surface area contributed by atoms with Crippen molar-refractivity contribution in [1.29, 1.82) is 0 Å². The molecule has 2 unspecified atom stereocenters. The van der Waals surface area contributed by atoms with E-state index in [4.69, 9.17) is 0 Å². The van der Waals surface area contributed by atoms with Crippen LogP contribution in [-0.4, -0.2) is 61.7 Å². The molecule has 2 atom stereocenters. The molecule has 0 aromatic heterocycles. The summed E-state index contributed by atoms with van der Waals surface area (Å²) in [6.45, 7) is 13.5.